The molecule has 2 aromatic carbocycles. The number of hydrogen-bond donors (Lipinski definition) is 0. The SMILES string of the molecule is Cc1ccc2nc(N(/N=C/c3ccc([N+](=O)[O-])o3)C(=O)c3cccc([N+](=O)[O-])c3)sc2c1. The van der Waals surface area contributed by atoms with Gasteiger partial charge in [-0.3, -0.25) is 25.0 Å². The number of benzene rings is 2. The highest BCUT2D eigenvalue weighted by Gasteiger charge is 2.23. The standard InChI is InChI=1S/C20H13N5O6S/c1-12-5-7-16-17(9-12)32-20(22-16)23(21-11-15-6-8-18(31-15)25(29)30)19(26)13-3-2-4-14(10-13)24(27)28/h2-11H,1H3/b21-11+. The average Bonchev–Trinajstić information content (AvgIpc) is 3.40. The molecule has 11 nitrogen and oxygen atoms in total. The normalized spacial score (nSPS) is 11.2. The molecule has 0 radical (unpaired) electrons. The highest BCUT2D eigenvalue weighted by molar-refractivity contribution is 7.22. The molecule has 4 aromatic rings. The number of carbonyl (C=O) groups excluding carboxylic acids is 1. The molecule has 32 heavy (non-hydrogen) atoms. The van der Waals surface area contributed by atoms with E-state index in [1.165, 1.54) is 35.6 Å². The molecule has 0 N–H and O–H groups in total. The predicted molar refractivity (Wildman–Crippen MR) is 117 cm³/mol. The van der Waals surface area contributed by atoms with Crippen LogP contribution in [-0.2, 0) is 0 Å². The molecule has 2 aromatic heterocycles. The zero-order valence-corrected chi connectivity index (χ0v) is 17.2. The molecule has 4 rings (SSSR count). The van der Waals surface area contributed by atoms with Gasteiger partial charge in [-0.2, -0.15) is 10.1 Å². The van der Waals surface area contributed by atoms with E-state index in [0.29, 0.717) is 5.52 Å². The van der Waals surface area contributed by atoms with Crippen molar-refractivity contribution < 1.29 is 19.1 Å². The molecule has 1 amide bonds. The Morgan fingerprint density at radius 1 is 1.12 bits per heavy atom. The third-order valence-electron chi connectivity index (χ3n) is 4.30. The summed E-state index contributed by atoms with van der Waals surface area (Å²) >= 11 is 1.21. The number of nitrogens with zero attached hydrogens (tertiary/aromatic N) is 5. The van der Waals surface area contributed by atoms with Crippen LogP contribution in [0.4, 0.5) is 16.7 Å². The van der Waals surface area contributed by atoms with Crippen molar-refractivity contribution >= 4 is 50.4 Å². The van der Waals surface area contributed by atoms with Gasteiger partial charge in [-0.15, -0.1) is 0 Å². The second kappa shape index (κ2) is 8.35. The van der Waals surface area contributed by atoms with Crippen LogP contribution in [0.25, 0.3) is 10.2 Å². The van der Waals surface area contributed by atoms with E-state index < -0.39 is 21.6 Å². The van der Waals surface area contributed by atoms with Gasteiger partial charge in [0.15, 0.2) is 5.76 Å². The van der Waals surface area contributed by atoms with Gasteiger partial charge in [0, 0.05) is 17.7 Å². The van der Waals surface area contributed by atoms with Gasteiger partial charge < -0.3 is 4.42 Å². The predicted octanol–water partition coefficient (Wildman–Crippen LogP) is 4.70. The average molecular weight is 451 g/mol. The maximum absolute atomic E-state index is 13.2. The van der Waals surface area contributed by atoms with Crippen LogP contribution >= 0.6 is 11.3 Å². The molecule has 0 aliphatic carbocycles. The van der Waals surface area contributed by atoms with Crippen molar-refractivity contribution in [1.82, 2.24) is 4.98 Å². The maximum atomic E-state index is 13.2. The van der Waals surface area contributed by atoms with Crippen molar-refractivity contribution in [2.45, 2.75) is 6.92 Å². The van der Waals surface area contributed by atoms with Gasteiger partial charge in [0.2, 0.25) is 5.13 Å². The fourth-order valence-corrected chi connectivity index (χ4v) is 3.82. The van der Waals surface area contributed by atoms with Crippen molar-refractivity contribution in [3.8, 4) is 0 Å². The third-order valence-corrected chi connectivity index (χ3v) is 5.30. The second-order valence-corrected chi connectivity index (χ2v) is 7.58. The Labute approximate surface area is 183 Å². The first-order valence-corrected chi connectivity index (χ1v) is 9.88. The number of non-ortho nitro benzene ring substituents is 1. The summed E-state index contributed by atoms with van der Waals surface area (Å²) in [6.07, 6.45) is 1.14. The minimum absolute atomic E-state index is 0.0252. The van der Waals surface area contributed by atoms with Crippen LogP contribution < -0.4 is 5.01 Å². The lowest BCUT2D eigenvalue weighted by atomic mass is 10.2. The summed E-state index contributed by atoms with van der Waals surface area (Å²) in [5.74, 6) is -1.09. The van der Waals surface area contributed by atoms with E-state index in [0.717, 1.165) is 33.6 Å². The van der Waals surface area contributed by atoms with E-state index in [9.17, 15) is 25.0 Å². The molecule has 0 saturated carbocycles. The number of carbonyl (C=O) groups is 1. The zero-order valence-electron chi connectivity index (χ0n) is 16.4. The van der Waals surface area contributed by atoms with Gasteiger partial charge in [-0.1, -0.05) is 23.5 Å². The van der Waals surface area contributed by atoms with Gasteiger partial charge in [0.05, 0.1) is 27.4 Å². The summed E-state index contributed by atoms with van der Waals surface area (Å²) in [6, 6.07) is 13.3. The Balaban J connectivity index is 1.76. The van der Waals surface area contributed by atoms with Crippen LogP contribution in [0.5, 0.6) is 0 Å². The molecular weight excluding hydrogens is 438 g/mol. The molecule has 0 saturated heterocycles. The lowest BCUT2D eigenvalue weighted by molar-refractivity contribution is -0.402. The quantitative estimate of drug-likeness (QED) is 0.235. The number of nitro groups is 2. The molecule has 12 heteroatoms. The largest absolute Gasteiger partial charge is 0.433 e. The van der Waals surface area contributed by atoms with Crippen LogP contribution in [0.2, 0.25) is 0 Å². The van der Waals surface area contributed by atoms with Gasteiger partial charge in [-0.25, -0.2) is 4.98 Å². The molecule has 0 unspecified atom stereocenters. The topological polar surface area (TPSA) is 145 Å². The summed E-state index contributed by atoms with van der Waals surface area (Å²) in [5.41, 5.74) is 1.44. The third kappa shape index (κ3) is 4.20. The Morgan fingerprint density at radius 2 is 1.94 bits per heavy atom. The summed E-state index contributed by atoms with van der Waals surface area (Å²) in [6.45, 7) is 1.92. The summed E-state index contributed by atoms with van der Waals surface area (Å²) in [5, 5.41) is 27.3. The molecule has 0 atom stereocenters. The molecule has 160 valence electrons. The van der Waals surface area contributed by atoms with Crippen LogP contribution in [-0.4, -0.2) is 27.0 Å². The first kappa shape index (κ1) is 20.8. The molecule has 0 aliphatic rings. The van der Waals surface area contributed by atoms with E-state index in [2.05, 4.69) is 10.1 Å². The fourth-order valence-electron chi connectivity index (χ4n) is 2.80. The van der Waals surface area contributed by atoms with Crippen LogP contribution in [0, 0.1) is 27.2 Å². The number of nitro benzene ring substituents is 1. The number of rotatable bonds is 6. The summed E-state index contributed by atoms with van der Waals surface area (Å²) in [7, 11) is 0. The van der Waals surface area contributed by atoms with E-state index in [1.54, 1.807) is 6.07 Å². The minimum Gasteiger partial charge on any atom is -0.400 e. The molecule has 0 bridgehead atoms. The molecule has 0 aliphatic heterocycles. The van der Waals surface area contributed by atoms with E-state index in [1.807, 2.05) is 19.1 Å². The van der Waals surface area contributed by atoms with Crippen molar-refractivity contribution in [3.05, 3.63) is 91.7 Å². The Bertz CT molecular complexity index is 1390. The Kier molecular flexibility index (Phi) is 5.43. The zero-order chi connectivity index (χ0) is 22.8. The van der Waals surface area contributed by atoms with Gasteiger partial charge in [0.1, 0.15) is 4.92 Å². The number of aryl methyl sites for hydroxylation is 1. The van der Waals surface area contributed by atoms with E-state index in [-0.39, 0.29) is 22.1 Å². The highest BCUT2D eigenvalue weighted by Crippen LogP contribution is 2.31. The van der Waals surface area contributed by atoms with Gasteiger partial charge in [0.25, 0.3) is 11.6 Å². The number of aromatic nitrogens is 1. The Morgan fingerprint density at radius 3 is 2.66 bits per heavy atom. The van der Waals surface area contributed by atoms with Crippen molar-refractivity contribution in [2.75, 3.05) is 5.01 Å². The van der Waals surface area contributed by atoms with Gasteiger partial charge >= 0.3 is 5.88 Å². The highest BCUT2D eigenvalue weighted by atomic mass is 32.1. The fraction of sp³-hybridized carbons (Fsp3) is 0.0500. The first-order valence-electron chi connectivity index (χ1n) is 9.06. The maximum Gasteiger partial charge on any atom is 0.433 e. The van der Waals surface area contributed by atoms with E-state index in [4.69, 9.17) is 4.42 Å². The summed E-state index contributed by atoms with van der Waals surface area (Å²) < 4.78 is 5.87. The van der Waals surface area contributed by atoms with Crippen molar-refractivity contribution in [1.29, 1.82) is 0 Å². The number of hydrogen-bond acceptors (Lipinski definition) is 9. The molecule has 2 heterocycles. The number of hydrazone groups is 1. The summed E-state index contributed by atoms with van der Waals surface area (Å²) in [4.78, 5) is 38.3. The monoisotopic (exact) mass is 451 g/mol. The number of anilines is 1. The smallest absolute Gasteiger partial charge is 0.400 e. The molecule has 0 fully saturated rings. The number of thiazole rings is 1. The van der Waals surface area contributed by atoms with E-state index >= 15 is 0 Å². The molecule has 0 spiro atoms. The lowest BCUT2D eigenvalue weighted by Crippen LogP contribution is -2.25. The number of furan rings is 1. The van der Waals surface area contributed by atoms with Crippen LogP contribution in [0.15, 0.2) is 64.1 Å². The van der Waals surface area contributed by atoms with Crippen molar-refractivity contribution in [3.63, 3.8) is 0 Å². The second-order valence-electron chi connectivity index (χ2n) is 6.57. The molecular formula is C20H13N5O6S. The van der Waals surface area contributed by atoms with Crippen molar-refractivity contribution in [2.24, 2.45) is 5.10 Å². The number of fused-ring (bicyclic) bond motifs is 1. The lowest BCUT2D eigenvalue weighted by Gasteiger charge is -2.13. The number of amides is 1. The first-order chi connectivity index (χ1) is 15.3. The Hall–Kier alpha value is -4.45. The van der Waals surface area contributed by atoms with Gasteiger partial charge in [-0.05, 0) is 36.8 Å². The minimum atomic E-state index is -0.695. The van der Waals surface area contributed by atoms with Crippen LogP contribution in [0.3, 0.4) is 0 Å². The van der Waals surface area contributed by atoms with Crippen LogP contribution in [0.1, 0.15) is 21.7 Å².